The molecular weight excluding hydrogens is 465 g/mol. The third-order valence-corrected chi connectivity index (χ3v) is 5.55. The van der Waals surface area contributed by atoms with Gasteiger partial charge in [0.15, 0.2) is 0 Å². The van der Waals surface area contributed by atoms with Gasteiger partial charge in [-0.2, -0.15) is 18.3 Å². The number of nitrogens with one attached hydrogen (secondary N) is 1. The van der Waals surface area contributed by atoms with Gasteiger partial charge in [0.25, 0.3) is 0 Å². The third kappa shape index (κ3) is 7.41. The molecule has 3 aromatic rings. The van der Waals surface area contributed by atoms with Crippen LogP contribution in [0.25, 0.3) is 16.9 Å². The lowest BCUT2D eigenvalue weighted by Gasteiger charge is -2.19. The summed E-state index contributed by atoms with van der Waals surface area (Å²) in [5.74, 6) is -1.27. The molecule has 4 rings (SSSR count). The second-order valence-electron chi connectivity index (χ2n) is 7.93. The van der Waals surface area contributed by atoms with E-state index in [0.29, 0.717) is 12.0 Å². The zero-order chi connectivity index (χ0) is 25.4. The second-order valence-corrected chi connectivity index (χ2v) is 7.93. The van der Waals surface area contributed by atoms with E-state index in [1.165, 1.54) is 19.4 Å². The fraction of sp³-hybridized carbons (Fsp3) is 0.391. The van der Waals surface area contributed by atoms with Gasteiger partial charge in [-0.05, 0) is 63.2 Å². The Morgan fingerprint density at radius 2 is 1.97 bits per heavy atom. The standard InChI is InChI=1S/C21H26N6O.C2HF3O2/c1-26-13-3-4-17(26)9-11-22-21-23-12-10-20(25-21)16-14-24-27(15-16)18-5-7-19(28-2)8-6-18;3-2(4,5)1(6)7/h5-8,10,12,14-15,17H,3-4,9,11,13H2,1-2H3,(H,22,23,25);(H,6,7). The lowest BCUT2D eigenvalue weighted by Crippen LogP contribution is -2.27. The van der Waals surface area contributed by atoms with Crippen molar-refractivity contribution in [2.75, 3.05) is 32.6 Å². The summed E-state index contributed by atoms with van der Waals surface area (Å²) in [5.41, 5.74) is 2.78. The van der Waals surface area contributed by atoms with Crippen molar-refractivity contribution in [3.8, 4) is 22.7 Å². The molecule has 2 N–H and O–H groups in total. The van der Waals surface area contributed by atoms with E-state index in [4.69, 9.17) is 14.6 Å². The number of carboxylic acid groups (broad SMARTS) is 1. The van der Waals surface area contributed by atoms with Gasteiger partial charge in [0.1, 0.15) is 5.75 Å². The summed E-state index contributed by atoms with van der Waals surface area (Å²) in [5, 5.41) is 14.9. The molecule has 1 aromatic carbocycles. The number of aromatic nitrogens is 4. The van der Waals surface area contributed by atoms with Crippen LogP contribution < -0.4 is 10.1 Å². The van der Waals surface area contributed by atoms with Gasteiger partial charge in [0.05, 0.1) is 24.7 Å². The molecule has 3 heterocycles. The van der Waals surface area contributed by atoms with Crippen LogP contribution in [0.2, 0.25) is 0 Å². The fourth-order valence-electron chi connectivity index (χ4n) is 3.63. The predicted octanol–water partition coefficient (Wildman–Crippen LogP) is 3.87. The Morgan fingerprint density at radius 1 is 1.26 bits per heavy atom. The zero-order valence-corrected chi connectivity index (χ0v) is 19.4. The summed E-state index contributed by atoms with van der Waals surface area (Å²) < 4.78 is 38.8. The largest absolute Gasteiger partial charge is 0.497 e. The lowest BCUT2D eigenvalue weighted by atomic mass is 10.1. The van der Waals surface area contributed by atoms with Gasteiger partial charge in [0, 0.05) is 30.5 Å². The molecule has 35 heavy (non-hydrogen) atoms. The number of benzene rings is 1. The highest BCUT2D eigenvalue weighted by atomic mass is 19.4. The molecule has 0 radical (unpaired) electrons. The second kappa shape index (κ2) is 11.6. The number of anilines is 1. The fourth-order valence-corrected chi connectivity index (χ4v) is 3.63. The normalized spacial score (nSPS) is 15.9. The number of rotatable bonds is 7. The minimum absolute atomic E-state index is 0.662. The molecular formula is C23H27F3N6O3. The molecule has 1 unspecified atom stereocenters. The molecule has 12 heteroatoms. The number of alkyl halides is 3. The highest BCUT2D eigenvalue weighted by Gasteiger charge is 2.38. The smallest absolute Gasteiger partial charge is 0.490 e. The highest BCUT2D eigenvalue weighted by molar-refractivity contribution is 5.73. The van der Waals surface area contributed by atoms with Crippen LogP contribution in [0.1, 0.15) is 19.3 Å². The Kier molecular flexibility index (Phi) is 8.63. The van der Waals surface area contributed by atoms with Crippen molar-refractivity contribution >= 4 is 11.9 Å². The number of methoxy groups -OCH3 is 1. The molecule has 1 saturated heterocycles. The maximum Gasteiger partial charge on any atom is 0.490 e. The van der Waals surface area contributed by atoms with Gasteiger partial charge in [0.2, 0.25) is 5.95 Å². The first kappa shape index (κ1) is 25.9. The Bertz CT molecular complexity index is 1100. The molecule has 0 saturated carbocycles. The van der Waals surface area contributed by atoms with E-state index in [9.17, 15) is 13.2 Å². The average molecular weight is 493 g/mol. The van der Waals surface area contributed by atoms with E-state index >= 15 is 0 Å². The Labute approximate surface area is 200 Å². The minimum Gasteiger partial charge on any atom is -0.497 e. The maximum absolute atomic E-state index is 10.6. The lowest BCUT2D eigenvalue weighted by molar-refractivity contribution is -0.192. The first-order valence-corrected chi connectivity index (χ1v) is 10.9. The summed E-state index contributed by atoms with van der Waals surface area (Å²) in [6, 6.07) is 10.4. The molecule has 0 amide bonds. The van der Waals surface area contributed by atoms with Gasteiger partial charge in [-0.3, -0.25) is 0 Å². The van der Waals surface area contributed by atoms with Gasteiger partial charge in [-0.1, -0.05) is 0 Å². The van der Waals surface area contributed by atoms with E-state index in [1.54, 1.807) is 13.3 Å². The first-order valence-electron chi connectivity index (χ1n) is 10.9. The summed E-state index contributed by atoms with van der Waals surface area (Å²) in [4.78, 5) is 20.3. The number of carbonyl (C=O) groups is 1. The number of hydrogen-bond acceptors (Lipinski definition) is 7. The number of halogens is 3. The van der Waals surface area contributed by atoms with Gasteiger partial charge in [-0.15, -0.1) is 0 Å². The molecule has 0 aliphatic carbocycles. The molecule has 188 valence electrons. The van der Waals surface area contributed by atoms with E-state index in [0.717, 1.165) is 35.7 Å². The van der Waals surface area contributed by atoms with Gasteiger partial charge in [-0.25, -0.2) is 19.4 Å². The average Bonchev–Trinajstić information content (AvgIpc) is 3.49. The van der Waals surface area contributed by atoms with E-state index < -0.39 is 12.1 Å². The van der Waals surface area contributed by atoms with Crippen molar-refractivity contribution in [2.45, 2.75) is 31.5 Å². The molecule has 1 atom stereocenters. The summed E-state index contributed by atoms with van der Waals surface area (Å²) in [6.45, 7) is 2.08. The van der Waals surface area contributed by atoms with E-state index in [1.807, 2.05) is 47.4 Å². The van der Waals surface area contributed by atoms with Crippen molar-refractivity contribution in [1.29, 1.82) is 0 Å². The van der Waals surface area contributed by atoms with Crippen molar-refractivity contribution in [2.24, 2.45) is 0 Å². The highest BCUT2D eigenvalue weighted by Crippen LogP contribution is 2.21. The molecule has 9 nitrogen and oxygen atoms in total. The van der Waals surface area contributed by atoms with Crippen LogP contribution in [-0.4, -0.2) is 75.2 Å². The van der Waals surface area contributed by atoms with Crippen molar-refractivity contribution in [3.05, 3.63) is 48.9 Å². The molecule has 1 aliphatic heterocycles. The predicted molar refractivity (Wildman–Crippen MR) is 124 cm³/mol. The van der Waals surface area contributed by atoms with Crippen molar-refractivity contribution < 1.29 is 27.8 Å². The molecule has 2 aromatic heterocycles. The summed E-state index contributed by atoms with van der Waals surface area (Å²) in [6.07, 6.45) is 4.19. The van der Waals surface area contributed by atoms with Crippen LogP contribution >= 0.6 is 0 Å². The Hall–Kier alpha value is -3.67. The van der Waals surface area contributed by atoms with Crippen molar-refractivity contribution in [3.63, 3.8) is 0 Å². The minimum atomic E-state index is -5.08. The summed E-state index contributed by atoms with van der Waals surface area (Å²) in [7, 11) is 3.86. The summed E-state index contributed by atoms with van der Waals surface area (Å²) >= 11 is 0. The molecule has 1 aliphatic rings. The number of nitrogens with zero attached hydrogens (tertiary/aromatic N) is 5. The van der Waals surface area contributed by atoms with E-state index in [-0.39, 0.29) is 0 Å². The third-order valence-electron chi connectivity index (χ3n) is 5.55. The van der Waals surface area contributed by atoms with Gasteiger partial charge >= 0.3 is 12.1 Å². The Morgan fingerprint density at radius 3 is 2.57 bits per heavy atom. The van der Waals surface area contributed by atoms with Crippen LogP contribution in [0.3, 0.4) is 0 Å². The topological polar surface area (TPSA) is 105 Å². The number of carboxylic acids is 1. The zero-order valence-electron chi connectivity index (χ0n) is 19.4. The van der Waals surface area contributed by atoms with Crippen molar-refractivity contribution in [1.82, 2.24) is 24.6 Å². The number of likely N-dealkylation sites (tertiary alicyclic amines) is 1. The van der Waals surface area contributed by atoms with Crippen LogP contribution in [-0.2, 0) is 4.79 Å². The van der Waals surface area contributed by atoms with Crippen LogP contribution in [0.4, 0.5) is 19.1 Å². The number of ether oxygens (including phenoxy) is 1. The Balaban J connectivity index is 0.000000429. The first-order chi connectivity index (χ1) is 16.7. The quantitative estimate of drug-likeness (QED) is 0.512. The van der Waals surface area contributed by atoms with Crippen LogP contribution in [0, 0.1) is 0 Å². The molecule has 0 bridgehead atoms. The SMILES string of the molecule is COc1ccc(-n2cc(-c3ccnc(NCCC4CCCN4C)n3)cn2)cc1.O=C(O)C(F)(F)F. The van der Waals surface area contributed by atoms with E-state index in [2.05, 4.69) is 32.3 Å². The van der Waals surface area contributed by atoms with Crippen LogP contribution in [0.15, 0.2) is 48.9 Å². The maximum atomic E-state index is 10.6. The number of aliphatic carboxylic acids is 1. The monoisotopic (exact) mass is 492 g/mol. The molecule has 1 fully saturated rings. The van der Waals surface area contributed by atoms with Crippen LogP contribution in [0.5, 0.6) is 5.75 Å². The van der Waals surface area contributed by atoms with Gasteiger partial charge < -0.3 is 20.1 Å². The number of hydrogen-bond donors (Lipinski definition) is 2. The molecule has 0 spiro atoms.